The molecule has 0 saturated carbocycles. The molecule has 0 aliphatic rings. The zero-order valence-electron chi connectivity index (χ0n) is 12.0. The van der Waals surface area contributed by atoms with Gasteiger partial charge in [-0.3, -0.25) is 0 Å². The molecule has 0 nitrogen and oxygen atoms in total. The predicted molar refractivity (Wildman–Crippen MR) is 71.0 cm³/mol. The fourth-order valence-electron chi connectivity index (χ4n) is 2.24. The van der Waals surface area contributed by atoms with E-state index in [0.717, 1.165) is 29.6 Å². The smallest absolute Gasteiger partial charge is 0.0394 e. The summed E-state index contributed by atoms with van der Waals surface area (Å²) in [5.41, 5.74) is 0. The molecule has 0 spiro atoms. The molecule has 3 atom stereocenters. The van der Waals surface area contributed by atoms with E-state index >= 15 is 0 Å². The van der Waals surface area contributed by atoms with E-state index in [0.29, 0.717) is 0 Å². The van der Waals surface area contributed by atoms with Crippen molar-refractivity contribution >= 4 is 0 Å². The minimum atomic E-state index is 0.831. The molecular formula is C15H32. The van der Waals surface area contributed by atoms with Crippen LogP contribution in [0.3, 0.4) is 0 Å². The molecule has 15 heavy (non-hydrogen) atoms. The molecule has 0 aliphatic carbocycles. The molecule has 0 aliphatic heterocycles. The van der Waals surface area contributed by atoms with Gasteiger partial charge in [0.2, 0.25) is 0 Å². The van der Waals surface area contributed by atoms with Crippen molar-refractivity contribution in [3.05, 3.63) is 0 Å². The zero-order valence-corrected chi connectivity index (χ0v) is 12.0. The minimum absolute atomic E-state index is 0.831. The van der Waals surface area contributed by atoms with Gasteiger partial charge in [-0.2, -0.15) is 0 Å². The van der Waals surface area contributed by atoms with Crippen molar-refractivity contribution < 1.29 is 0 Å². The van der Waals surface area contributed by atoms with Crippen LogP contribution < -0.4 is 0 Å². The van der Waals surface area contributed by atoms with Gasteiger partial charge < -0.3 is 0 Å². The predicted octanol–water partition coefficient (Wildman–Crippen LogP) is 5.38. The Bertz CT molecular complexity index is 146. The van der Waals surface area contributed by atoms with E-state index < -0.39 is 0 Å². The van der Waals surface area contributed by atoms with Crippen LogP contribution in [0.2, 0.25) is 0 Å². The first-order valence-corrected chi connectivity index (χ1v) is 6.84. The van der Waals surface area contributed by atoms with Crippen LogP contribution in [-0.4, -0.2) is 0 Å². The van der Waals surface area contributed by atoms with Gasteiger partial charge in [0.05, 0.1) is 0 Å². The maximum absolute atomic E-state index is 2.43. The van der Waals surface area contributed by atoms with Crippen molar-refractivity contribution in [2.75, 3.05) is 0 Å². The average molecular weight is 212 g/mol. The molecule has 0 amide bonds. The first-order chi connectivity index (χ1) is 6.84. The Morgan fingerprint density at radius 2 is 1.27 bits per heavy atom. The van der Waals surface area contributed by atoms with Gasteiger partial charge in [-0.1, -0.05) is 61.3 Å². The zero-order chi connectivity index (χ0) is 12.0. The van der Waals surface area contributed by atoms with E-state index in [1.165, 1.54) is 19.3 Å². The van der Waals surface area contributed by atoms with Crippen LogP contribution in [0.4, 0.5) is 0 Å². The van der Waals surface area contributed by atoms with Crippen molar-refractivity contribution in [3.63, 3.8) is 0 Å². The first kappa shape index (κ1) is 15.0. The SMILES string of the molecule is CC(C)CCC(C)CC(C)C(C)C(C)C. The van der Waals surface area contributed by atoms with Crippen LogP contribution in [-0.2, 0) is 0 Å². The van der Waals surface area contributed by atoms with Crippen molar-refractivity contribution in [2.24, 2.45) is 29.6 Å². The highest BCUT2D eigenvalue weighted by atomic mass is 14.2. The summed E-state index contributed by atoms with van der Waals surface area (Å²) in [6.07, 6.45) is 4.21. The molecule has 0 saturated heterocycles. The van der Waals surface area contributed by atoms with Gasteiger partial charge in [-0.15, -0.1) is 0 Å². The maximum atomic E-state index is 2.43. The Balaban J connectivity index is 3.80. The van der Waals surface area contributed by atoms with Crippen LogP contribution in [0.15, 0.2) is 0 Å². The third-order valence-electron chi connectivity index (χ3n) is 3.96. The average Bonchev–Trinajstić information content (AvgIpc) is 2.13. The lowest BCUT2D eigenvalue weighted by Gasteiger charge is -2.26. The standard InChI is InChI=1S/C15H32/c1-11(2)8-9-13(5)10-14(6)15(7)12(3)4/h11-15H,8-10H2,1-7H3. The van der Waals surface area contributed by atoms with E-state index in [1.54, 1.807) is 0 Å². The Labute approximate surface area is 97.8 Å². The summed E-state index contributed by atoms with van der Waals surface area (Å²) in [5, 5.41) is 0. The first-order valence-electron chi connectivity index (χ1n) is 6.84. The topological polar surface area (TPSA) is 0 Å². The van der Waals surface area contributed by atoms with Gasteiger partial charge in [0.15, 0.2) is 0 Å². The van der Waals surface area contributed by atoms with Crippen LogP contribution >= 0.6 is 0 Å². The molecule has 0 aromatic heterocycles. The Kier molecular flexibility index (Phi) is 7.30. The lowest BCUT2D eigenvalue weighted by atomic mass is 9.80. The molecule has 0 aromatic carbocycles. The van der Waals surface area contributed by atoms with Gasteiger partial charge in [-0.25, -0.2) is 0 Å². The van der Waals surface area contributed by atoms with Crippen molar-refractivity contribution in [2.45, 2.75) is 67.7 Å². The number of hydrogen-bond donors (Lipinski definition) is 0. The Morgan fingerprint density at radius 1 is 0.733 bits per heavy atom. The van der Waals surface area contributed by atoms with Gasteiger partial charge in [0.25, 0.3) is 0 Å². The van der Waals surface area contributed by atoms with Crippen LogP contribution in [0, 0.1) is 29.6 Å². The highest BCUT2D eigenvalue weighted by molar-refractivity contribution is 4.68. The highest BCUT2D eigenvalue weighted by Crippen LogP contribution is 2.28. The van der Waals surface area contributed by atoms with Crippen molar-refractivity contribution in [1.29, 1.82) is 0 Å². The second-order valence-electron chi connectivity index (χ2n) is 6.39. The Hall–Kier alpha value is 0. The summed E-state index contributed by atoms with van der Waals surface area (Å²) in [4.78, 5) is 0. The molecule has 0 radical (unpaired) electrons. The molecule has 0 aromatic rings. The summed E-state index contributed by atoms with van der Waals surface area (Å²) in [7, 11) is 0. The fraction of sp³-hybridized carbons (Fsp3) is 1.00. The van der Waals surface area contributed by atoms with Crippen LogP contribution in [0.25, 0.3) is 0 Å². The fourth-order valence-corrected chi connectivity index (χ4v) is 2.24. The minimum Gasteiger partial charge on any atom is -0.0628 e. The summed E-state index contributed by atoms with van der Waals surface area (Å²) >= 11 is 0. The Morgan fingerprint density at radius 3 is 1.67 bits per heavy atom. The van der Waals surface area contributed by atoms with E-state index in [4.69, 9.17) is 0 Å². The molecule has 0 bridgehead atoms. The summed E-state index contributed by atoms with van der Waals surface area (Å²) in [6.45, 7) is 16.6. The lowest BCUT2D eigenvalue weighted by Crippen LogP contribution is -2.17. The second-order valence-corrected chi connectivity index (χ2v) is 6.39. The third kappa shape index (κ3) is 6.98. The van der Waals surface area contributed by atoms with Gasteiger partial charge in [-0.05, 0) is 36.0 Å². The monoisotopic (exact) mass is 212 g/mol. The van der Waals surface area contributed by atoms with Gasteiger partial charge in [0.1, 0.15) is 0 Å². The summed E-state index contributed by atoms with van der Waals surface area (Å²) in [5.74, 6) is 4.35. The third-order valence-corrected chi connectivity index (χ3v) is 3.96. The molecule has 0 heterocycles. The van der Waals surface area contributed by atoms with Crippen molar-refractivity contribution in [1.82, 2.24) is 0 Å². The van der Waals surface area contributed by atoms with E-state index in [2.05, 4.69) is 48.5 Å². The molecular weight excluding hydrogens is 180 g/mol. The number of hydrogen-bond acceptors (Lipinski definition) is 0. The largest absolute Gasteiger partial charge is 0.0628 e. The second kappa shape index (κ2) is 7.30. The molecule has 0 fully saturated rings. The maximum Gasteiger partial charge on any atom is -0.0394 e. The van der Waals surface area contributed by atoms with Crippen LogP contribution in [0.5, 0.6) is 0 Å². The van der Waals surface area contributed by atoms with Crippen molar-refractivity contribution in [3.8, 4) is 0 Å². The highest BCUT2D eigenvalue weighted by Gasteiger charge is 2.18. The normalized spacial score (nSPS) is 18.2. The van der Waals surface area contributed by atoms with E-state index in [-0.39, 0.29) is 0 Å². The molecule has 0 rings (SSSR count). The molecule has 92 valence electrons. The summed E-state index contributed by atoms with van der Waals surface area (Å²) in [6, 6.07) is 0. The molecule has 3 unspecified atom stereocenters. The van der Waals surface area contributed by atoms with E-state index in [1.807, 2.05) is 0 Å². The quantitative estimate of drug-likeness (QED) is 0.531. The van der Waals surface area contributed by atoms with Gasteiger partial charge >= 0.3 is 0 Å². The summed E-state index contributed by atoms with van der Waals surface area (Å²) < 4.78 is 0. The van der Waals surface area contributed by atoms with Crippen LogP contribution in [0.1, 0.15) is 67.7 Å². The lowest BCUT2D eigenvalue weighted by molar-refractivity contribution is 0.243. The molecule has 0 heteroatoms. The van der Waals surface area contributed by atoms with Gasteiger partial charge in [0, 0.05) is 0 Å². The number of rotatable bonds is 7. The van der Waals surface area contributed by atoms with E-state index in [9.17, 15) is 0 Å². The molecule has 0 N–H and O–H groups in total.